The van der Waals surface area contributed by atoms with Gasteiger partial charge >= 0.3 is 0 Å². The van der Waals surface area contributed by atoms with Crippen LogP contribution in [0.25, 0.3) is 5.69 Å². The molecule has 0 atom stereocenters. The summed E-state index contributed by atoms with van der Waals surface area (Å²) in [5.41, 5.74) is 1.52. The van der Waals surface area contributed by atoms with E-state index in [0.717, 1.165) is 17.9 Å². The zero-order chi connectivity index (χ0) is 20.1. The van der Waals surface area contributed by atoms with Crippen molar-refractivity contribution >= 4 is 11.6 Å². The molecule has 0 spiro atoms. The number of nitrogens with zero attached hydrogens (tertiary/aromatic N) is 6. The molecule has 1 amide bonds. The molecule has 1 aliphatic rings. The lowest BCUT2D eigenvalue weighted by Gasteiger charge is -2.08. The highest BCUT2D eigenvalue weighted by Crippen LogP contribution is 2.28. The minimum atomic E-state index is 0.0412. The van der Waals surface area contributed by atoms with Gasteiger partial charge in [0, 0.05) is 12.6 Å². The summed E-state index contributed by atoms with van der Waals surface area (Å²) in [6.45, 7) is 0.386. The molecule has 0 radical (unpaired) electrons. The van der Waals surface area contributed by atoms with Crippen molar-refractivity contribution in [2.75, 3.05) is 12.4 Å². The summed E-state index contributed by atoms with van der Waals surface area (Å²) in [4.78, 5) is 12.2. The summed E-state index contributed by atoms with van der Waals surface area (Å²) in [5.74, 6) is 2.15. The van der Waals surface area contributed by atoms with Crippen LogP contribution in [0.15, 0.2) is 36.7 Å². The normalized spacial score (nSPS) is 14.2. The quantitative estimate of drug-likeness (QED) is 0.630. The number of ether oxygens (including phenoxy) is 1. The van der Waals surface area contributed by atoms with E-state index in [4.69, 9.17) is 4.74 Å². The third kappa shape index (κ3) is 4.79. The number of anilines is 1. The van der Waals surface area contributed by atoms with Crippen LogP contribution in [0.2, 0.25) is 0 Å². The summed E-state index contributed by atoms with van der Waals surface area (Å²) < 4.78 is 8.54. The van der Waals surface area contributed by atoms with E-state index in [1.807, 2.05) is 24.3 Å². The molecule has 4 rings (SSSR count). The maximum atomic E-state index is 12.2. The molecule has 1 saturated carbocycles. The molecule has 0 saturated heterocycles. The predicted octanol–water partition coefficient (Wildman–Crippen LogP) is 2.82. The average Bonchev–Trinajstić information content (AvgIpc) is 3.50. The molecule has 1 aliphatic carbocycles. The van der Waals surface area contributed by atoms with Crippen molar-refractivity contribution in [2.45, 2.75) is 45.1 Å². The molecule has 3 aromatic rings. The Morgan fingerprint density at radius 1 is 1.24 bits per heavy atom. The van der Waals surface area contributed by atoms with Crippen molar-refractivity contribution in [3.05, 3.63) is 42.5 Å². The van der Waals surface area contributed by atoms with E-state index in [2.05, 4.69) is 25.9 Å². The third-order valence-corrected chi connectivity index (χ3v) is 5.33. The number of aromatic nitrogens is 6. The largest absolute Gasteiger partial charge is 0.497 e. The fraction of sp³-hybridized carbons (Fsp3) is 0.450. The maximum Gasteiger partial charge on any atom is 0.224 e. The van der Waals surface area contributed by atoms with E-state index in [1.54, 1.807) is 28.9 Å². The van der Waals surface area contributed by atoms with E-state index in [9.17, 15) is 4.79 Å². The van der Waals surface area contributed by atoms with E-state index in [1.165, 1.54) is 25.7 Å². The molecule has 2 heterocycles. The highest BCUT2D eigenvalue weighted by Gasteiger charge is 2.16. The number of tetrazole rings is 1. The summed E-state index contributed by atoms with van der Waals surface area (Å²) in [5, 5.41) is 19.2. The van der Waals surface area contributed by atoms with Gasteiger partial charge in [0.15, 0.2) is 5.82 Å². The molecule has 152 valence electrons. The molecular formula is C20H25N7O2. The Kier molecular flexibility index (Phi) is 5.83. The van der Waals surface area contributed by atoms with Gasteiger partial charge in [0.05, 0.1) is 24.7 Å². The van der Waals surface area contributed by atoms with Crippen molar-refractivity contribution < 1.29 is 9.53 Å². The third-order valence-electron chi connectivity index (χ3n) is 5.33. The van der Waals surface area contributed by atoms with Gasteiger partial charge in [-0.3, -0.25) is 9.48 Å². The van der Waals surface area contributed by atoms with Crippen LogP contribution >= 0.6 is 0 Å². The standard InChI is InChI=1S/C20H25N7O2/c1-29-18-9-7-17(8-10-18)27-19(23-24-25-27)14-26-13-16(12-21-26)22-20(28)11-6-15-4-2-3-5-15/h7-10,12-13,15H,2-6,11,14H2,1H3,(H,22,28). The van der Waals surface area contributed by atoms with Gasteiger partial charge < -0.3 is 10.1 Å². The van der Waals surface area contributed by atoms with Crippen LogP contribution in [0.3, 0.4) is 0 Å². The molecular weight excluding hydrogens is 370 g/mol. The topological polar surface area (TPSA) is 99.7 Å². The van der Waals surface area contributed by atoms with Crippen LogP contribution in [0, 0.1) is 5.92 Å². The maximum absolute atomic E-state index is 12.2. The van der Waals surface area contributed by atoms with Crippen LogP contribution in [0.4, 0.5) is 5.69 Å². The van der Waals surface area contributed by atoms with Crippen LogP contribution in [0.1, 0.15) is 44.3 Å². The van der Waals surface area contributed by atoms with E-state index < -0.39 is 0 Å². The molecule has 1 fully saturated rings. The smallest absolute Gasteiger partial charge is 0.224 e. The number of carbonyl (C=O) groups is 1. The van der Waals surface area contributed by atoms with Gasteiger partial charge in [0.1, 0.15) is 12.3 Å². The Hall–Kier alpha value is -3.23. The van der Waals surface area contributed by atoms with Crippen molar-refractivity contribution in [2.24, 2.45) is 5.92 Å². The van der Waals surface area contributed by atoms with E-state index in [0.29, 0.717) is 30.4 Å². The van der Waals surface area contributed by atoms with Crippen molar-refractivity contribution in [1.82, 2.24) is 30.0 Å². The lowest BCUT2D eigenvalue weighted by molar-refractivity contribution is -0.116. The molecule has 2 aromatic heterocycles. The summed E-state index contributed by atoms with van der Waals surface area (Å²) in [6, 6.07) is 7.48. The van der Waals surface area contributed by atoms with Gasteiger partial charge in [-0.05, 0) is 47.0 Å². The zero-order valence-electron chi connectivity index (χ0n) is 16.5. The Morgan fingerprint density at radius 3 is 2.79 bits per heavy atom. The lowest BCUT2D eigenvalue weighted by Crippen LogP contribution is -2.12. The molecule has 1 N–H and O–H groups in total. The summed E-state index contributed by atoms with van der Waals surface area (Å²) in [7, 11) is 1.63. The first-order chi connectivity index (χ1) is 14.2. The number of nitrogens with one attached hydrogen (secondary N) is 1. The van der Waals surface area contributed by atoms with Gasteiger partial charge in [-0.25, -0.2) is 0 Å². The number of hydrogen-bond acceptors (Lipinski definition) is 6. The first-order valence-electron chi connectivity index (χ1n) is 9.95. The van der Waals surface area contributed by atoms with E-state index in [-0.39, 0.29) is 5.91 Å². The fourth-order valence-corrected chi connectivity index (χ4v) is 3.75. The second kappa shape index (κ2) is 8.85. The highest BCUT2D eigenvalue weighted by atomic mass is 16.5. The minimum absolute atomic E-state index is 0.0412. The summed E-state index contributed by atoms with van der Waals surface area (Å²) >= 11 is 0. The molecule has 29 heavy (non-hydrogen) atoms. The molecule has 0 unspecified atom stereocenters. The van der Waals surface area contributed by atoms with Crippen molar-refractivity contribution in [3.8, 4) is 11.4 Å². The van der Waals surface area contributed by atoms with E-state index >= 15 is 0 Å². The summed E-state index contributed by atoms with van der Waals surface area (Å²) in [6.07, 6.45) is 10.1. The number of amides is 1. The Bertz CT molecular complexity index is 942. The second-order valence-electron chi connectivity index (χ2n) is 7.37. The average molecular weight is 395 g/mol. The Morgan fingerprint density at radius 2 is 2.03 bits per heavy atom. The second-order valence-corrected chi connectivity index (χ2v) is 7.37. The molecule has 9 nitrogen and oxygen atoms in total. The van der Waals surface area contributed by atoms with Gasteiger partial charge in [0.2, 0.25) is 5.91 Å². The number of carbonyl (C=O) groups excluding carboxylic acids is 1. The minimum Gasteiger partial charge on any atom is -0.497 e. The first kappa shape index (κ1) is 19.1. The van der Waals surface area contributed by atoms with Crippen molar-refractivity contribution in [3.63, 3.8) is 0 Å². The fourth-order valence-electron chi connectivity index (χ4n) is 3.75. The van der Waals surface area contributed by atoms with Crippen LogP contribution in [-0.4, -0.2) is 43.0 Å². The van der Waals surface area contributed by atoms with Gasteiger partial charge in [-0.2, -0.15) is 9.78 Å². The van der Waals surface area contributed by atoms with Crippen LogP contribution in [0.5, 0.6) is 5.75 Å². The van der Waals surface area contributed by atoms with Gasteiger partial charge in [0.25, 0.3) is 0 Å². The van der Waals surface area contributed by atoms with Gasteiger partial charge in [-0.1, -0.05) is 25.7 Å². The van der Waals surface area contributed by atoms with Gasteiger partial charge in [-0.15, -0.1) is 5.10 Å². The van der Waals surface area contributed by atoms with Crippen LogP contribution < -0.4 is 10.1 Å². The first-order valence-corrected chi connectivity index (χ1v) is 9.95. The highest BCUT2D eigenvalue weighted by molar-refractivity contribution is 5.90. The number of rotatable bonds is 8. The van der Waals surface area contributed by atoms with Crippen LogP contribution in [-0.2, 0) is 11.3 Å². The lowest BCUT2D eigenvalue weighted by atomic mass is 10.0. The monoisotopic (exact) mass is 395 g/mol. The predicted molar refractivity (Wildman–Crippen MR) is 107 cm³/mol. The zero-order valence-corrected chi connectivity index (χ0v) is 16.5. The Labute approximate surface area is 169 Å². The molecule has 0 aliphatic heterocycles. The number of benzene rings is 1. The van der Waals surface area contributed by atoms with Crippen molar-refractivity contribution in [1.29, 1.82) is 0 Å². The SMILES string of the molecule is COc1ccc(-n2nnnc2Cn2cc(NC(=O)CCC3CCCC3)cn2)cc1. The number of methoxy groups -OCH3 is 1. The molecule has 9 heteroatoms. The Balaban J connectivity index is 1.35. The number of hydrogen-bond donors (Lipinski definition) is 1. The molecule has 1 aromatic carbocycles. The molecule has 0 bridgehead atoms.